The summed E-state index contributed by atoms with van der Waals surface area (Å²) in [6.07, 6.45) is 0. The van der Waals surface area contributed by atoms with Crippen LogP contribution in [0.5, 0.6) is 5.75 Å². The van der Waals surface area contributed by atoms with E-state index in [1.807, 2.05) is 30.3 Å². The van der Waals surface area contributed by atoms with Gasteiger partial charge < -0.3 is 18.7 Å². The predicted molar refractivity (Wildman–Crippen MR) is 80.3 cm³/mol. The minimum Gasteiger partial charge on any atom is -0.484 e. The normalized spacial score (nSPS) is 10.6. The van der Waals surface area contributed by atoms with E-state index in [0.717, 1.165) is 5.75 Å². The van der Waals surface area contributed by atoms with Gasteiger partial charge in [-0.05, 0) is 24.3 Å². The van der Waals surface area contributed by atoms with Crippen LogP contribution in [0.4, 0.5) is 0 Å². The summed E-state index contributed by atoms with van der Waals surface area (Å²) in [7, 11) is 0. The Labute approximate surface area is 135 Å². The molecule has 2 aromatic heterocycles. The number of carboxylic acid groups (broad SMARTS) is 1. The van der Waals surface area contributed by atoms with Crippen molar-refractivity contribution in [1.82, 2.24) is 10.2 Å². The van der Waals surface area contributed by atoms with Crippen LogP contribution >= 0.6 is 11.8 Å². The van der Waals surface area contributed by atoms with Crippen molar-refractivity contribution in [1.29, 1.82) is 0 Å². The van der Waals surface area contributed by atoms with Gasteiger partial charge in [-0.1, -0.05) is 30.0 Å². The monoisotopic (exact) mass is 332 g/mol. The maximum atomic E-state index is 10.7. The smallest absolute Gasteiger partial charge is 0.371 e. The van der Waals surface area contributed by atoms with Gasteiger partial charge in [-0.3, -0.25) is 0 Å². The molecule has 0 aliphatic heterocycles. The van der Waals surface area contributed by atoms with Gasteiger partial charge in [0.1, 0.15) is 11.5 Å². The topological polar surface area (TPSA) is 98.6 Å². The van der Waals surface area contributed by atoms with Gasteiger partial charge in [0.25, 0.3) is 11.1 Å². The lowest BCUT2D eigenvalue weighted by Gasteiger charge is -2.01. The second kappa shape index (κ2) is 7.01. The van der Waals surface area contributed by atoms with Crippen LogP contribution in [0.25, 0.3) is 0 Å². The Hall–Kier alpha value is -2.74. The molecular formula is C15H12N2O5S. The van der Waals surface area contributed by atoms with Crippen molar-refractivity contribution in [2.75, 3.05) is 0 Å². The lowest BCUT2D eigenvalue weighted by Crippen LogP contribution is -1.95. The first kappa shape index (κ1) is 15.2. The predicted octanol–water partition coefficient (Wildman–Crippen LogP) is 3.23. The molecule has 0 aliphatic carbocycles. The second-order valence-electron chi connectivity index (χ2n) is 4.42. The molecule has 3 rings (SSSR count). The molecule has 0 amide bonds. The molecule has 0 bridgehead atoms. The molecule has 0 unspecified atom stereocenters. The molecule has 1 N–H and O–H groups in total. The fourth-order valence-electron chi connectivity index (χ4n) is 1.72. The molecule has 23 heavy (non-hydrogen) atoms. The van der Waals surface area contributed by atoms with E-state index >= 15 is 0 Å². The number of rotatable bonds is 7. The molecule has 7 nitrogen and oxygen atoms in total. The van der Waals surface area contributed by atoms with Crippen LogP contribution in [0, 0.1) is 0 Å². The minimum absolute atomic E-state index is 0.0944. The standard InChI is InChI=1S/C15H12N2O5S/c18-14(19)12-7-6-11(21-12)9-23-15-17-16-13(22-15)8-20-10-4-2-1-3-5-10/h1-7H,8-9H2,(H,18,19). The second-order valence-corrected chi connectivity index (χ2v) is 5.35. The first-order valence-corrected chi connectivity index (χ1v) is 7.64. The first-order valence-electron chi connectivity index (χ1n) is 6.66. The van der Waals surface area contributed by atoms with Crippen LogP contribution in [-0.2, 0) is 12.4 Å². The molecule has 0 spiro atoms. The van der Waals surface area contributed by atoms with Crippen molar-refractivity contribution in [3.05, 3.63) is 59.9 Å². The van der Waals surface area contributed by atoms with Crippen LogP contribution < -0.4 is 4.74 Å². The van der Waals surface area contributed by atoms with Crippen LogP contribution in [0.1, 0.15) is 22.2 Å². The fraction of sp³-hybridized carbons (Fsp3) is 0.133. The molecule has 118 valence electrons. The Balaban J connectivity index is 1.51. The van der Waals surface area contributed by atoms with Gasteiger partial charge in [0, 0.05) is 0 Å². The zero-order valence-electron chi connectivity index (χ0n) is 11.8. The number of hydrogen-bond acceptors (Lipinski definition) is 7. The van der Waals surface area contributed by atoms with Crippen molar-refractivity contribution < 1.29 is 23.5 Å². The zero-order valence-corrected chi connectivity index (χ0v) is 12.7. The highest BCUT2D eigenvalue weighted by atomic mass is 32.2. The number of carboxylic acids is 1. The van der Waals surface area contributed by atoms with Crippen molar-refractivity contribution in [3.63, 3.8) is 0 Å². The largest absolute Gasteiger partial charge is 0.484 e. The van der Waals surface area contributed by atoms with Gasteiger partial charge >= 0.3 is 5.97 Å². The molecule has 0 fully saturated rings. The number of nitrogens with zero attached hydrogens (tertiary/aromatic N) is 2. The third kappa shape index (κ3) is 4.13. The number of ether oxygens (including phenoxy) is 1. The van der Waals surface area contributed by atoms with Gasteiger partial charge in [0.2, 0.25) is 5.76 Å². The summed E-state index contributed by atoms with van der Waals surface area (Å²) in [5, 5.41) is 16.9. The minimum atomic E-state index is -1.10. The van der Waals surface area contributed by atoms with Crippen molar-refractivity contribution >= 4 is 17.7 Å². The molecule has 0 saturated carbocycles. The maximum absolute atomic E-state index is 10.7. The van der Waals surface area contributed by atoms with E-state index in [4.69, 9.17) is 18.7 Å². The highest BCUT2D eigenvalue weighted by Crippen LogP contribution is 2.23. The highest BCUT2D eigenvalue weighted by molar-refractivity contribution is 7.98. The third-order valence-corrected chi connectivity index (χ3v) is 3.60. The summed E-state index contributed by atoms with van der Waals surface area (Å²) in [4.78, 5) is 10.7. The van der Waals surface area contributed by atoms with Gasteiger partial charge in [-0.2, -0.15) is 0 Å². The van der Waals surface area contributed by atoms with Crippen LogP contribution in [0.3, 0.4) is 0 Å². The summed E-state index contributed by atoms with van der Waals surface area (Å²) in [5.41, 5.74) is 0. The average molecular weight is 332 g/mol. The summed E-state index contributed by atoms with van der Waals surface area (Å²) >= 11 is 1.26. The van der Waals surface area contributed by atoms with Crippen molar-refractivity contribution in [3.8, 4) is 5.75 Å². The van der Waals surface area contributed by atoms with E-state index in [1.54, 1.807) is 6.07 Å². The van der Waals surface area contributed by atoms with E-state index in [-0.39, 0.29) is 12.4 Å². The molecular weight excluding hydrogens is 320 g/mol. The first-order chi connectivity index (χ1) is 11.2. The number of furan rings is 1. The van der Waals surface area contributed by atoms with E-state index in [1.165, 1.54) is 17.8 Å². The quantitative estimate of drug-likeness (QED) is 0.658. The summed E-state index contributed by atoms with van der Waals surface area (Å²) in [6, 6.07) is 12.3. The van der Waals surface area contributed by atoms with Gasteiger partial charge in [-0.15, -0.1) is 10.2 Å². The Morgan fingerprint density at radius 3 is 2.70 bits per heavy atom. The van der Waals surface area contributed by atoms with Crippen molar-refractivity contribution in [2.24, 2.45) is 0 Å². The van der Waals surface area contributed by atoms with E-state index in [9.17, 15) is 4.79 Å². The van der Waals surface area contributed by atoms with E-state index in [2.05, 4.69) is 10.2 Å². The van der Waals surface area contributed by atoms with E-state index in [0.29, 0.717) is 22.6 Å². The third-order valence-electron chi connectivity index (χ3n) is 2.76. The van der Waals surface area contributed by atoms with Crippen LogP contribution in [0.15, 0.2) is 56.5 Å². The number of aromatic nitrogens is 2. The number of para-hydroxylation sites is 1. The molecule has 2 heterocycles. The zero-order chi connectivity index (χ0) is 16.1. The molecule has 0 atom stereocenters. The number of thioether (sulfide) groups is 1. The Morgan fingerprint density at radius 1 is 1.13 bits per heavy atom. The summed E-state index contributed by atoms with van der Waals surface area (Å²) in [5.74, 6) is 0.808. The Bertz CT molecular complexity index is 784. The number of benzene rings is 1. The molecule has 0 saturated heterocycles. The molecule has 8 heteroatoms. The highest BCUT2D eigenvalue weighted by Gasteiger charge is 2.12. The lowest BCUT2D eigenvalue weighted by atomic mass is 10.3. The van der Waals surface area contributed by atoms with Crippen LogP contribution in [-0.4, -0.2) is 21.3 Å². The number of carbonyl (C=O) groups is 1. The molecule has 1 aromatic carbocycles. The van der Waals surface area contributed by atoms with E-state index < -0.39 is 5.97 Å². The fourth-order valence-corrected chi connectivity index (χ4v) is 2.39. The number of hydrogen-bond donors (Lipinski definition) is 1. The summed E-state index contributed by atoms with van der Waals surface area (Å²) < 4.78 is 16.1. The van der Waals surface area contributed by atoms with Crippen molar-refractivity contribution in [2.45, 2.75) is 17.6 Å². The number of aromatic carboxylic acids is 1. The SMILES string of the molecule is O=C(O)c1ccc(CSc2nnc(COc3ccccc3)o2)o1. The average Bonchev–Trinajstić information content (AvgIpc) is 3.21. The van der Waals surface area contributed by atoms with Crippen LogP contribution in [0.2, 0.25) is 0 Å². The molecule has 0 radical (unpaired) electrons. The summed E-state index contributed by atoms with van der Waals surface area (Å²) in [6.45, 7) is 0.182. The Kier molecular flexibility index (Phi) is 4.62. The van der Waals surface area contributed by atoms with Gasteiger partial charge in [0.05, 0.1) is 5.75 Å². The maximum Gasteiger partial charge on any atom is 0.371 e. The van der Waals surface area contributed by atoms with Gasteiger partial charge in [-0.25, -0.2) is 4.79 Å². The Morgan fingerprint density at radius 2 is 1.96 bits per heavy atom. The lowest BCUT2D eigenvalue weighted by molar-refractivity contribution is 0.0661. The molecule has 3 aromatic rings. The van der Waals surface area contributed by atoms with Gasteiger partial charge in [0.15, 0.2) is 6.61 Å². The molecule has 0 aliphatic rings.